The highest BCUT2D eigenvalue weighted by atomic mass is 31.1. The Kier molecular flexibility index (Phi) is 9.14. The van der Waals surface area contributed by atoms with E-state index in [0.717, 1.165) is 31.0 Å². The van der Waals surface area contributed by atoms with Gasteiger partial charge in [-0.1, -0.05) is 97.1 Å². The molecule has 2 aromatic heterocycles. The Morgan fingerprint density at radius 3 is 1.68 bits per heavy atom. The summed E-state index contributed by atoms with van der Waals surface area (Å²) >= 11 is 0. The van der Waals surface area contributed by atoms with Crippen LogP contribution in [0.25, 0.3) is 0 Å². The lowest BCUT2D eigenvalue weighted by molar-refractivity contribution is 0.258. The molecule has 0 aliphatic rings. The smallest absolute Gasteiger partial charge is 0.0544 e. The molecule has 0 atom stereocenters. The quantitative estimate of drug-likeness (QED) is 0.176. The Morgan fingerprint density at radius 1 is 0.605 bits per heavy atom. The first-order valence-corrected chi connectivity index (χ1v) is 14.2. The van der Waals surface area contributed by atoms with Crippen LogP contribution in [0.5, 0.6) is 0 Å². The minimum Gasteiger partial charge on any atom is -0.291 e. The van der Waals surface area contributed by atoms with E-state index in [1.807, 2.05) is 36.7 Å². The van der Waals surface area contributed by atoms with Gasteiger partial charge in [0.2, 0.25) is 0 Å². The number of nitrogens with zero attached hydrogens (tertiary/aromatic N) is 4. The first kappa shape index (κ1) is 25.7. The second kappa shape index (κ2) is 13.5. The number of benzene rings is 3. The Labute approximate surface area is 226 Å². The number of hydrogen-bond donors (Lipinski definition) is 0. The van der Waals surface area contributed by atoms with Crippen LogP contribution in [0.15, 0.2) is 139 Å². The first-order chi connectivity index (χ1) is 18.9. The van der Waals surface area contributed by atoms with Crippen molar-refractivity contribution in [3.63, 3.8) is 0 Å². The maximum atomic E-state index is 4.90. The van der Waals surface area contributed by atoms with Crippen molar-refractivity contribution in [2.24, 2.45) is 4.99 Å². The maximum absolute atomic E-state index is 4.90. The lowest BCUT2D eigenvalue weighted by Gasteiger charge is -2.21. The molecule has 0 spiro atoms. The topological polar surface area (TPSA) is 41.4 Å². The van der Waals surface area contributed by atoms with Crippen LogP contribution in [-0.4, -0.2) is 34.2 Å². The van der Waals surface area contributed by atoms with Crippen LogP contribution in [0.4, 0.5) is 0 Å². The third-order valence-corrected chi connectivity index (χ3v) is 8.72. The SMILES string of the molecule is C(=NCCN(Cc1ccccn1)Cc1ccccn1)c1ccccc1P(c1ccccc1)c1ccccc1. The fourth-order valence-corrected chi connectivity index (χ4v) is 6.82. The van der Waals surface area contributed by atoms with Gasteiger partial charge in [0, 0.05) is 43.8 Å². The number of pyridine rings is 2. The molecule has 5 heteroatoms. The predicted octanol–water partition coefficient (Wildman–Crippen LogP) is 5.36. The van der Waals surface area contributed by atoms with Gasteiger partial charge in [-0.05, 0) is 48.1 Å². The van der Waals surface area contributed by atoms with Crippen LogP contribution >= 0.6 is 7.92 Å². The minimum atomic E-state index is -0.685. The standard InChI is InChI=1S/C33H31N4P/c1-3-16-31(17-4-1)38(32-18-5-2-6-19-32)33-20-8-7-13-28(33)25-34-23-24-37(26-29-14-9-11-21-35-29)27-30-15-10-12-22-36-30/h1-22,25H,23-24,26-27H2. The van der Waals surface area contributed by atoms with Gasteiger partial charge in [-0.3, -0.25) is 19.9 Å². The van der Waals surface area contributed by atoms with Gasteiger partial charge < -0.3 is 0 Å². The third-order valence-electron chi connectivity index (χ3n) is 6.21. The predicted molar refractivity (Wildman–Crippen MR) is 160 cm³/mol. The van der Waals surface area contributed by atoms with Gasteiger partial charge in [-0.15, -0.1) is 0 Å². The molecule has 0 unspecified atom stereocenters. The monoisotopic (exact) mass is 514 g/mol. The van der Waals surface area contributed by atoms with E-state index in [1.54, 1.807) is 0 Å². The van der Waals surface area contributed by atoms with E-state index in [9.17, 15) is 0 Å². The summed E-state index contributed by atoms with van der Waals surface area (Å²) < 4.78 is 0. The molecule has 0 aliphatic heterocycles. The summed E-state index contributed by atoms with van der Waals surface area (Å²) in [4.78, 5) is 16.3. The molecule has 3 aromatic carbocycles. The van der Waals surface area contributed by atoms with Crippen LogP contribution in [0, 0.1) is 0 Å². The van der Waals surface area contributed by atoms with Crippen molar-refractivity contribution < 1.29 is 0 Å². The molecular formula is C33H31N4P. The fourth-order valence-electron chi connectivity index (χ4n) is 4.40. The van der Waals surface area contributed by atoms with Crippen LogP contribution in [-0.2, 0) is 13.1 Å². The lowest BCUT2D eigenvalue weighted by atomic mass is 10.2. The van der Waals surface area contributed by atoms with Crippen LogP contribution in [0.2, 0.25) is 0 Å². The van der Waals surface area contributed by atoms with Gasteiger partial charge in [-0.2, -0.15) is 0 Å². The highest BCUT2D eigenvalue weighted by Gasteiger charge is 2.18. The highest BCUT2D eigenvalue weighted by molar-refractivity contribution is 7.80. The lowest BCUT2D eigenvalue weighted by Crippen LogP contribution is -2.26. The average molecular weight is 515 g/mol. The van der Waals surface area contributed by atoms with Crippen molar-refractivity contribution in [1.29, 1.82) is 0 Å². The van der Waals surface area contributed by atoms with Crippen LogP contribution in [0.1, 0.15) is 17.0 Å². The van der Waals surface area contributed by atoms with Crippen molar-refractivity contribution in [2.45, 2.75) is 13.1 Å². The van der Waals surface area contributed by atoms with Crippen LogP contribution < -0.4 is 15.9 Å². The number of hydrogen-bond acceptors (Lipinski definition) is 4. The first-order valence-electron chi connectivity index (χ1n) is 12.9. The maximum Gasteiger partial charge on any atom is 0.0544 e. The molecular weight excluding hydrogens is 483 g/mol. The Hall–Kier alpha value is -3.98. The summed E-state index contributed by atoms with van der Waals surface area (Å²) in [6, 6.07) is 42.4. The summed E-state index contributed by atoms with van der Waals surface area (Å²) in [7, 11) is -0.685. The van der Waals surface area contributed by atoms with E-state index in [-0.39, 0.29) is 0 Å². The Balaban J connectivity index is 1.34. The summed E-state index contributed by atoms with van der Waals surface area (Å²) in [5.74, 6) is 0. The zero-order valence-electron chi connectivity index (χ0n) is 21.3. The molecule has 0 saturated heterocycles. The molecule has 0 bridgehead atoms. The van der Waals surface area contributed by atoms with Gasteiger partial charge in [0.25, 0.3) is 0 Å². The van der Waals surface area contributed by atoms with Crippen molar-refractivity contribution in [1.82, 2.24) is 14.9 Å². The molecule has 0 N–H and O–H groups in total. The van der Waals surface area contributed by atoms with Crippen molar-refractivity contribution in [3.05, 3.63) is 151 Å². The zero-order valence-corrected chi connectivity index (χ0v) is 22.2. The molecule has 0 aliphatic carbocycles. The van der Waals surface area contributed by atoms with E-state index in [0.29, 0.717) is 6.54 Å². The summed E-state index contributed by atoms with van der Waals surface area (Å²) in [6.45, 7) is 3.04. The third kappa shape index (κ3) is 7.07. The number of aromatic nitrogens is 2. The molecule has 5 aromatic rings. The molecule has 2 heterocycles. The Morgan fingerprint density at radius 2 is 1.13 bits per heavy atom. The van der Waals surface area contributed by atoms with Crippen molar-refractivity contribution in [3.8, 4) is 0 Å². The molecule has 0 fully saturated rings. The molecule has 4 nitrogen and oxygen atoms in total. The van der Waals surface area contributed by atoms with Crippen LogP contribution in [0.3, 0.4) is 0 Å². The summed E-state index contributed by atoms with van der Waals surface area (Å²) in [5.41, 5.74) is 3.27. The van der Waals surface area contributed by atoms with Crippen molar-refractivity contribution in [2.75, 3.05) is 13.1 Å². The second-order valence-electron chi connectivity index (χ2n) is 8.95. The van der Waals surface area contributed by atoms with Gasteiger partial charge >= 0.3 is 0 Å². The number of rotatable bonds is 11. The fraction of sp³-hybridized carbons (Fsp3) is 0.121. The normalized spacial score (nSPS) is 11.4. The van der Waals surface area contributed by atoms with Crippen molar-refractivity contribution >= 4 is 30.0 Å². The summed E-state index contributed by atoms with van der Waals surface area (Å²) in [5, 5.41) is 4.00. The molecule has 5 rings (SSSR count). The molecule has 0 amide bonds. The number of aliphatic imine (C=N–C) groups is 1. The molecule has 0 radical (unpaired) electrons. The van der Waals surface area contributed by atoms with Gasteiger partial charge in [-0.25, -0.2) is 0 Å². The minimum absolute atomic E-state index is 0.685. The summed E-state index contributed by atoms with van der Waals surface area (Å²) in [6.07, 6.45) is 5.75. The zero-order chi connectivity index (χ0) is 25.8. The van der Waals surface area contributed by atoms with E-state index in [4.69, 9.17) is 4.99 Å². The van der Waals surface area contributed by atoms with E-state index < -0.39 is 7.92 Å². The van der Waals surface area contributed by atoms with E-state index in [1.165, 1.54) is 21.5 Å². The largest absolute Gasteiger partial charge is 0.291 e. The van der Waals surface area contributed by atoms with Gasteiger partial charge in [0.05, 0.1) is 17.9 Å². The second-order valence-corrected chi connectivity index (χ2v) is 11.1. The Bertz CT molecular complexity index is 1330. The average Bonchev–Trinajstić information content (AvgIpc) is 2.98. The molecule has 38 heavy (non-hydrogen) atoms. The molecule has 188 valence electrons. The van der Waals surface area contributed by atoms with Gasteiger partial charge in [0.15, 0.2) is 0 Å². The molecule has 0 saturated carbocycles. The highest BCUT2D eigenvalue weighted by Crippen LogP contribution is 2.33. The van der Waals surface area contributed by atoms with E-state index in [2.05, 4.69) is 118 Å². The van der Waals surface area contributed by atoms with Gasteiger partial charge in [0.1, 0.15) is 0 Å². The van der Waals surface area contributed by atoms with E-state index >= 15 is 0 Å².